The molecule has 0 saturated carbocycles. The van der Waals surface area contributed by atoms with Crippen LogP contribution in [-0.4, -0.2) is 23.7 Å². The van der Waals surface area contributed by atoms with Crippen LogP contribution in [0.1, 0.15) is 5.56 Å². The van der Waals surface area contributed by atoms with Crippen LogP contribution in [0.5, 0.6) is 0 Å². The molecular formula is C10H10F2N2O4. The Morgan fingerprint density at radius 1 is 1.33 bits per heavy atom. The van der Waals surface area contributed by atoms with Gasteiger partial charge >= 0.3 is 12.0 Å². The Balaban J connectivity index is 2.59. The van der Waals surface area contributed by atoms with Crippen LogP contribution in [0.4, 0.5) is 19.3 Å². The fourth-order valence-electron chi connectivity index (χ4n) is 1.05. The van der Waals surface area contributed by atoms with Gasteiger partial charge in [0, 0.05) is 6.07 Å². The predicted octanol–water partition coefficient (Wildman–Crippen LogP) is 1.41. The molecule has 0 aliphatic heterocycles. The van der Waals surface area contributed by atoms with Crippen LogP contribution in [0.25, 0.3) is 0 Å². The van der Waals surface area contributed by atoms with Crippen LogP contribution >= 0.6 is 0 Å². The lowest BCUT2D eigenvalue weighted by atomic mass is 10.2. The van der Waals surface area contributed by atoms with E-state index in [1.54, 1.807) is 5.48 Å². The summed E-state index contributed by atoms with van der Waals surface area (Å²) in [6.45, 7) is 0.621. The zero-order chi connectivity index (χ0) is 13.7. The zero-order valence-electron chi connectivity index (χ0n) is 9.29. The number of carboxylic acids is 1. The molecule has 98 valence electrons. The van der Waals surface area contributed by atoms with E-state index in [-0.39, 0.29) is 11.3 Å². The number of urea groups is 1. The maximum absolute atomic E-state index is 13.3. The molecule has 0 aromatic heterocycles. The van der Waals surface area contributed by atoms with Gasteiger partial charge in [-0.3, -0.25) is 4.84 Å². The second kappa shape index (κ2) is 5.92. The summed E-state index contributed by atoms with van der Waals surface area (Å²) in [5.41, 5.74) is 1.42. The lowest BCUT2D eigenvalue weighted by Crippen LogP contribution is -2.31. The normalized spacial score (nSPS) is 9.94. The third-order valence-corrected chi connectivity index (χ3v) is 1.86. The maximum atomic E-state index is 13.3. The molecule has 1 aromatic carbocycles. The number of carbonyl (C=O) groups is 2. The van der Waals surface area contributed by atoms with Crippen LogP contribution in [0, 0.1) is 18.6 Å². The Kier molecular flexibility index (Phi) is 4.55. The van der Waals surface area contributed by atoms with Gasteiger partial charge in [-0.1, -0.05) is 0 Å². The van der Waals surface area contributed by atoms with E-state index in [0.29, 0.717) is 0 Å². The van der Waals surface area contributed by atoms with E-state index in [4.69, 9.17) is 5.11 Å². The van der Waals surface area contributed by atoms with E-state index in [9.17, 15) is 18.4 Å². The second-order valence-electron chi connectivity index (χ2n) is 3.32. The molecule has 0 bridgehead atoms. The fourth-order valence-corrected chi connectivity index (χ4v) is 1.05. The molecule has 0 spiro atoms. The van der Waals surface area contributed by atoms with Crippen LogP contribution in [0.15, 0.2) is 12.1 Å². The van der Waals surface area contributed by atoms with Crippen molar-refractivity contribution in [2.45, 2.75) is 6.92 Å². The van der Waals surface area contributed by atoms with Crippen molar-refractivity contribution in [3.63, 3.8) is 0 Å². The fraction of sp³-hybridized carbons (Fsp3) is 0.200. The minimum Gasteiger partial charge on any atom is -0.479 e. The first-order chi connectivity index (χ1) is 8.40. The van der Waals surface area contributed by atoms with E-state index in [1.165, 1.54) is 6.92 Å². The molecule has 2 amide bonds. The quantitative estimate of drug-likeness (QED) is 0.714. The molecule has 0 atom stereocenters. The van der Waals surface area contributed by atoms with Gasteiger partial charge in [-0.2, -0.15) is 0 Å². The molecule has 0 unspecified atom stereocenters. The second-order valence-corrected chi connectivity index (χ2v) is 3.32. The molecule has 0 radical (unpaired) electrons. The van der Waals surface area contributed by atoms with E-state index in [2.05, 4.69) is 4.84 Å². The van der Waals surface area contributed by atoms with Crippen molar-refractivity contribution in [1.29, 1.82) is 0 Å². The average Bonchev–Trinajstić information content (AvgIpc) is 2.25. The van der Waals surface area contributed by atoms with Crippen LogP contribution < -0.4 is 10.8 Å². The summed E-state index contributed by atoms with van der Waals surface area (Å²) in [5, 5.41) is 10.2. The molecule has 1 rings (SSSR count). The smallest absolute Gasteiger partial charge is 0.343 e. The Bertz CT molecular complexity index is 479. The first-order valence-electron chi connectivity index (χ1n) is 4.76. The van der Waals surface area contributed by atoms with Gasteiger partial charge in [-0.05, 0) is 18.6 Å². The van der Waals surface area contributed by atoms with Crippen molar-refractivity contribution in [2.24, 2.45) is 0 Å². The van der Waals surface area contributed by atoms with Gasteiger partial charge in [-0.25, -0.2) is 23.9 Å². The van der Waals surface area contributed by atoms with E-state index >= 15 is 0 Å². The number of amides is 2. The molecule has 0 aliphatic carbocycles. The van der Waals surface area contributed by atoms with Gasteiger partial charge in [0.1, 0.15) is 11.6 Å². The SMILES string of the molecule is Cc1cc(F)c(NC(=O)NOCC(=O)O)cc1F. The summed E-state index contributed by atoms with van der Waals surface area (Å²) in [6, 6.07) is 0.711. The number of nitrogens with one attached hydrogen (secondary N) is 2. The molecule has 1 aromatic rings. The number of aryl methyl sites for hydroxylation is 1. The number of halogens is 2. The Hall–Kier alpha value is -2.22. The highest BCUT2D eigenvalue weighted by atomic mass is 19.1. The lowest BCUT2D eigenvalue weighted by molar-refractivity contribution is -0.143. The number of hydrogen-bond acceptors (Lipinski definition) is 3. The summed E-state index contributed by atoms with van der Waals surface area (Å²) in [7, 11) is 0. The molecule has 0 aliphatic rings. The van der Waals surface area contributed by atoms with Crippen molar-refractivity contribution in [2.75, 3.05) is 11.9 Å². The number of anilines is 1. The van der Waals surface area contributed by atoms with E-state index < -0.39 is 30.2 Å². The molecule has 18 heavy (non-hydrogen) atoms. The number of rotatable bonds is 4. The Morgan fingerprint density at radius 2 is 2.00 bits per heavy atom. The van der Waals surface area contributed by atoms with Gasteiger partial charge < -0.3 is 10.4 Å². The molecule has 3 N–H and O–H groups in total. The number of aliphatic carboxylic acids is 1. The largest absolute Gasteiger partial charge is 0.479 e. The number of hydrogen-bond donors (Lipinski definition) is 3. The third-order valence-electron chi connectivity index (χ3n) is 1.86. The summed E-state index contributed by atoms with van der Waals surface area (Å²) >= 11 is 0. The van der Waals surface area contributed by atoms with Gasteiger partial charge in [0.25, 0.3) is 0 Å². The summed E-state index contributed by atoms with van der Waals surface area (Å²) in [5.74, 6) is -2.79. The number of benzene rings is 1. The first kappa shape index (κ1) is 13.8. The Labute approximate surface area is 101 Å². The van der Waals surface area contributed by atoms with Gasteiger partial charge in [0.2, 0.25) is 0 Å². The maximum Gasteiger partial charge on any atom is 0.343 e. The zero-order valence-corrected chi connectivity index (χ0v) is 9.29. The Morgan fingerprint density at radius 3 is 2.61 bits per heavy atom. The van der Waals surface area contributed by atoms with Crippen molar-refractivity contribution < 1.29 is 28.3 Å². The molecule has 0 fully saturated rings. The molecule has 0 saturated heterocycles. The number of hydroxylamine groups is 1. The highest BCUT2D eigenvalue weighted by Gasteiger charge is 2.10. The lowest BCUT2D eigenvalue weighted by Gasteiger charge is -2.08. The van der Waals surface area contributed by atoms with Crippen LogP contribution in [-0.2, 0) is 9.63 Å². The van der Waals surface area contributed by atoms with Crippen molar-refractivity contribution >= 4 is 17.7 Å². The standard InChI is InChI=1S/C10H10F2N2O4/c1-5-2-7(12)8(3-6(5)11)13-10(17)14-18-4-9(15)16/h2-3H,4H2,1H3,(H,15,16)(H2,13,14,17). The predicted molar refractivity (Wildman–Crippen MR) is 56.8 cm³/mol. The van der Waals surface area contributed by atoms with Crippen LogP contribution in [0.3, 0.4) is 0 Å². The van der Waals surface area contributed by atoms with Gasteiger partial charge in [0.05, 0.1) is 5.69 Å². The number of carbonyl (C=O) groups excluding carboxylic acids is 1. The summed E-state index contributed by atoms with van der Waals surface area (Å²) in [6.07, 6.45) is 0. The monoisotopic (exact) mass is 260 g/mol. The minimum absolute atomic E-state index is 0.0978. The van der Waals surface area contributed by atoms with Gasteiger partial charge in [-0.15, -0.1) is 0 Å². The first-order valence-corrected chi connectivity index (χ1v) is 4.76. The topological polar surface area (TPSA) is 87.7 Å². The molecule has 8 heteroatoms. The highest BCUT2D eigenvalue weighted by Crippen LogP contribution is 2.18. The van der Waals surface area contributed by atoms with Crippen molar-refractivity contribution in [1.82, 2.24) is 5.48 Å². The van der Waals surface area contributed by atoms with Crippen LogP contribution in [0.2, 0.25) is 0 Å². The molecule has 0 heterocycles. The summed E-state index contributed by atoms with van der Waals surface area (Å²) in [4.78, 5) is 25.4. The van der Waals surface area contributed by atoms with Crippen molar-refractivity contribution in [3.05, 3.63) is 29.3 Å². The third kappa shape index (κ3) is 3.98. The minimum atomic E-state index is -1.29. The van der Waals surface area contributed by atoms with Gasteiger partial charge in [0.15, 0.2) is 6.61 Å². The van der Waals surface area contributed by atoms with Crippen molar-refractivity contribution in [3.8, 4) is 0 Å². The summed E-state index contributed by atoms with van der Waals surface area (Å²) < 4.78 is 26.4. The highest BCUT2D eigenvalue weighted by molar-refractivity contribution is 5.88. The molecule has 6 nitrogen and oxygen atoms in total. The van der Waals surface area contributed by atoms with E-state index in [1.807, 2.05) is 5.32 Å². The molecular weight excluding hydrogens is 250 g/mol. The average molecular weight is 260 g/mol. The van der Waals surface area contributed by atoms with E-state index in [0.717, 1.165) is 12.1 Å². The number of carboxylic acid groups (broad SMARTS) is 1.